The monoisotopic (exact) mass is 360 g/mol. The molecule has 1 saturated carbocycles. The Morgan fingerprint density at radius 1 is 1.12 bits per heavy atom. The summed E-state index contributed by atoms with van der Waals surface area (Å²) in [5.74, 6) is 0.0559. The smallest absolute Gasteiger partial charge is 0.251 e. The summed E-state index contributed by atoms with van der Waals surface area (Å²) in [5, 5.41) is 6.40. The second-order valence-corrected chi connectivity index (χ2v) is 7.11. The van der Waals surface area contributed by atoms with E-state index in [4.69, 9.17) is 11.6 Å². The molecular formula is C18H17ClN2O2S. The molecule has 3 rings (SSSR count). The first-order chi connectivity index (χ1) is 11.6. The molecule has 0 saturated heterocycles. The first kappa shape index (κ1) is 16.9. The van der Waals surface area contributed by atoms with Crippen LogP contribution in [0.25, 0.3) is 0 Å². The molecule has 2 amide bonds. The third kappa shape index (κ3) is 5.01. The normalized spacial score (nSPS) is 13.4. The van der Waals surface area contributed by atoms with Crippen molar-refractivity contribution in [2.45, 2.75) is 23.8 Å². The first-order valence-corrected chi connectivity index (χ1v) is 9.06. The molecule has 1 aliphatic rings. The van der Waals surface area contributed by atoms with Crippen LogP contribution in [-0.2, 0) is 4.79 Å². The minimum absolute atomic E-state index is 0.0955. The number of anilines is 1. The Balaban J connectivity index is 1.54. The number of carbonyl (C=O) groups is 2. The summed E-state index contributed by atoms with van der Waals surface area (Å²) >= 11 is 7.34. The van der Waals surface area contributed by atoms with E-state index in [2.05, 4.69) is 10.6 Å². The van der Waals surface area contributed by atoms with Crippen LogP contribution in [0.2, 0.25) is 5.02 Å². The average molecular weight is 361 g/mol. The molecule has 0 bridgehead atoms. The number of nitrogens with one attached hydrogen (secondary N) is 2. The van der Waals surface area contributed by atoms with Gasteiger partial charge in [-0.2, -0.15) is 0 Å². The van der Waals surface area contributed by atoms with Crippen molar-refractivity contribution in [3.63, 3.8) is 0 Å². The Bertz CT molecular complexity index is 762. The molecule has 24 heavy (non-hydrogen) atoms. The van der Waals surface area contributed by atoms with Gasteiger partial charge in [0.05, 0.1) is 5.75 Å². The zero-order valence-electron chi connectivity index (χ0n) is 12.9. The van der Waals surface area contributed by atoms with E-state index >= 15 is 0 Å². The van der Waals surface area contributed by atoms with E-state index in [0.29, 0.717) is 22.3 Å². The zero-order valence-corrected chi connectivity index (χ0v) is 14.5. The fourth-order valence-electron chi connectivity index (χ4n) is 2.14. The number of carbonyl (C=O) groups excluding carboxylic acids is 2. The molecule has 4 nitrogen and oxygen atoms in total. The Hall–Kier alpha value is -1.98. The van der Waals surface area contributed by atoms with Crippen LogP contribution in [0.3, 0.4) is 0 Å². The molecule has 2 aromatic rings. The topological polar surface area (TPSA) is 58.2 Å². The van der Waals surface area contributed by atoms with Crippen molar-refractivity contribution in [3.8, 4) is 0 Å². The van der Waals surface area contributed by atoms with Crippen molar-refractivity contribution in [1.29, 1.82) is 0 Å². The lowest BCUT2D eigenvalue weighted by atomic mass is 10.2. The Morgan fingerprint density at radius 3 is 2.67 bits per heavy atom. The highest BCUT2D eigenvalue weighted by atomic mass is 35.5. The van der Waals surface area contributed by atoms with Gasteiger partial charge in [-0.05, 0) is 49.2 Å². The summed E-state index contributed by atoms with van der Waals surface area (Å²) in [7, 11) is 0. The Labute approximate surface area is 150 Å². The third-order valence-electron chi connectivity index (χ3n) is 3.49. The Kier molecular flexibility index (Phi) is 5.43. The molecule has 6 heteroatoms. The van der Waals surface area contributed by atoms with Crippen LogP contribution in [-0.4, -0.2) is 23.6 Å². The number of hydrogen-bond acceptors (Lipinski definition) is 3. The van der Waals surface area contributed by atoms with E-state index in [1.54, 1.807) is 30.3 Å². The van der Waals surface area contributed by atoms with Crippen LogP contribution in [0, 0.1) is 0 Å². The van der Waals surface area contributed by atoms with Crippen molar-refractivity contribution >= 4 is 40.9 Å². The highest BCUT2D eigenvalue weighted by Gasteiger charge is 2.23. The van der Waals surface area contributed by atoms with Gasteiger partial charge in [0.1, 0.15) is 0 Å². The summed E-state index contributed by atoms with van der Waals surface area (Å²) < 4.78 is 0. The molecule has 0 heterocycles. The quantitative estimate of drug-likeness (QED) is 0.766. The number of thioether (sulfide) groups is 1. The van der Waals surface area contributed by atoms with Crippen molar-refractivity contribution in [1.82, 2.24) is 5.32 Å². The van der Waals surface area contributed by atoms with Gasteiger partial charge in [0.15, 0.2) is 0 Å². The first-order valence-electron chi connectivity index (χ1n) is 7.69. The molecule has 0 radical (unpaired) electrons. The molecule has 0 spiro atoms. The Morgan fingerprint density at radius 2 is 1.92 bits per heavy atom. The highest BCUT2D eigenvalue weighted by Crippen LogP contribution is 2.22. The molecule has 2 aromatic carbocycles. The van der Waals surface area contributed by atoms with Crippen molar-refractivity contribution < 1.29 is 9.59 Å². The largest absolute Gasteiger partial charge is 0.349 e. The summed E-state index contributed by atoms with van der Waals surface area (Å²) in [6.07, 6.45) is 2.09. The van der Waals surface area contributed by atoms with E-state index in [1.165, 1.54) is 11.8 Å². The SMILES string of the molecule is O=C(CSc1cccc(Cl)c1)Nc1cccc(C(=O)NC2CC2)c1. The predicted molar refractivity (Wildman–Crippen MR) is 97.7 cm³/mol. The average Bonchev–Trinajstić information content (AvgIpc) is 3.37. The van der Waals surface area contributed by atoms with Crippen LogP contribution >= 0.6 is 23.4 Å². The number of rotatable bonds is 6. The van der Waals surface area contributed by atoms with Crippen LogP contribution in [0.5, 0.6) is 0 Å². The second-order valence-electron chi connectivity index (χ2n) is 5.62. The molecule has 124 valence electrons. The minimum Gasteiger partial charge on any atom is -0.349 e. The predicted octanol–water partition coefficient (Wildman–Crippen LogP) is 3.96. The lowest BCUT2D eigenvalue weighted by Gasteiger charge is -2.08. The summed E-state index contributed by atoms with van der Waals surface area (Å²) in [5.41, 5.74) is 1.18. The number of amides is 2. The van der Waals surface area contributed by atoms with Gasteiger partial charge >= 0.3 is 0 Å². The lowest BCUT2D eigenvalue weighted by Crippen LogP contribution is -2.25. The standard InChI is InChI=1S/C18H17ClN2O2S/c19-13-4-2-6-16(10-13)24-11-17(22)20-15-5-1-3-12(9-15)18(23)21-14-7-8-14/h1-6,9-10,14H,7-8,11H2,(H,20,22)(H,21,23). The van der Waals surface area contributed by atoms with Gasteiger partial charge in [0.2, 0.25) is 5.91 Å². The van der Waals surface area contributed by atoms with Gasteiger partial charge in [0, 0.05) is 27.2 Å². The van der Waals surface area contributed by atoms with Crippen molar-refractivity contribution in [2.24, 2.45) is 0 Å². The van der Waals surface area contributed by atoms with Crippen LogP contribution in [0.15, 0.2) is 53.4 Å². The van der Waals surface area contributed by atoms with Gasteiger partial charge in [-0.15, -0.1) is 11.8 Å². The fraction of sp³-hybridized carbons (Fsp3) is 0.222. The van der Waals surface area contributed by atoms with E-state index in [1.807, 2.05) is 18.2 Å². The fourth-order valence-corrected chi connectivity index (χ4v) is 3.15. The molecule has 1 aliphatic carbocycles. The molecule has 0 unspecified atom stereocenters. The molecular weight excluding hydrogens is 344 g/mol. The number of benzene rings is 2. The van der Waals surface area contributed by atoms with Gasteiger partial charge in [0.25, 0.3) is 5.91 Å². The summed E-state index contributed by atoms with van der Waals surface area (Å²) in [6, 6.07) is 14.7. The van der Waals surface area contributed by atoms with E-state index < -0.39 is 0 Å². The van der Waals surface area contributed by atoms with Gasteiger partial charge in [-0.25, -0.2) is 0 Å². The summed E-state index contributed by atoms with van der Waals surface area (Å²) in [6.45, 7) is 0. The lowest BCUT2D eigenvalue weighted by molar-refractivity contribution is -0.113. The zero-order chi connectivity index (χ0) is 16.9. The molecule has 0 aromatic heterocycles. The van der Waals surface area contributed by atoms with Crippen molar-refractivity contribution in [3.05, 3.63) is 59.1 Å². The maximum absolute atomic E-state index is 12.1. The highest BCUT2D eigenvalue weighted by molar-refractivity contribution is 8.00. The molecule has 2 N–H and O–H groups in total. The van der Waals surface area contributed by atoms with Crippen LogP contribution in [0.1, 0.15) is 23.2 Å². The summed E-state index contributed by atoms with van der Waals surface area (Å²) in [4.78, 5) is 25.0. The van der Waals surface area contributed by atoms with E-state index in [9.17, 15) is 9.59 Å². The molecule has 1 fully saturated rings. The maximum Gasteiger partial charge on any atom is 0.251 e. The van der Waals surface area contributed by atoms with E-state index in [0.717, 1.165) is 17.7 Å². The minimum atomic E-state index is -0.125. The number of halogens is 1. The molecule has 0 aliphatic heterocycles. The van der Waals surface area contributed by atoms with Crippen LogP contribution < -0.4 is 10.6 Å². The van der Waals surface area contributed by atoms with Gasteiger partial charge in [-0.1, -0.05) is 23.7 Å². The van der Waals surface area contributed by atoms with Gasteiger partial charge < -0.3 is 10.6 Å². The third-order valence-corrected chi connectivity index (χ3v) is 4.72. The second kappa shape index (κ2) is 7.73. The number of hydrogen-bond donors (Lipinski definition) is 2. The molecule has 0 atom stereocenters. The van der Waals surface area contributed by atoms with Crippen molar-refractivity contribution in [2.75, 3.05) is 11.1 Å². The van der Waals surface area contributed by atoms with E-state index in [-0.39, 0.29) is 17.6 Å². The van der Waals surface area contributed by atoms with Gasteiger partial charge in [-0.3, -0.25) is 9.59 Å². The maximum atomic E-state index is 12.1. The van der Waals surface area contributed by atoms with Crippen LogP contribution in [0.4, 0.5) is 5.69 Å².